The van der Waals surface area contributed by atoms with Crippen molar-refractivity contribution >= 4 is 85.5 Å². The molecule has 0 saturated heterocycles. The fourth-order valence-electron chi connectivity index (χ4n) is 12.8. The molecule has 2 aliphatic rings. The molecule has 0 atom stereocenters. The van der Waals surface area contributed by atoms with E-state index in [9.17, 15) is 0 Å². The molecule has 1 aromatic heterocycles. The molecule has 3 heterocycles. The highest BCUT2D eigenvalue weighted by atomic mass is 28.3. The zero-order chi connectivity index (χ0) is 52.6. The van der Waals surface area contributed by atoms with Crippen LogP contribution in [0.15, 0.2) is 194 Å². The summed E-state index contributed by atoms with van der Waals surface area (Å²) in [6, 6.07) is 75.5. The molecule has 10 aromatic rings. The number of rotatable bonds is 6. The molecule has 0 radical (unpaired) electrons. The van der Waals surface area contributed by atoms with Crippen LogP contribution in [-0.2, 0) is 21.7 Å². The molecule has 2 aliphatic heterocycles. The Morgan fingerprint density at radius 2 is 0.880 bits per heavy atom. The molecule has 372 valence electrons. The molecule has 2 nitrogen and oxygen atoms in total. The van der Waals surface area contributed by atoms with Crippen molar-refractivity contribution < 1.29 is 0 Å². The van der Waals surface area contributed by atoms with Crippen molar-refractivity contribution in [2.75, 3.05) is 4.90 Å². The van der Waals surface area contributed by atoms with E-state index in [4.69, 9.17) is 0 Å². The van der Waals surface area contributed by atoms with Crippen LogP contribution in [0.3, 0.4) is 0 Å². The van der Waals surface area contributed by atoms with Gasteiger partial charge in [-0.15, -0.1) is 0 Å². The molecular weight excluding hydrogens is 920 g/mol. The van der Waals surface area contributed by atoms with Gasteiger partial charge in [0, 0.05) is 44.4 Å². The summed E-state index contributed by atoms with van der Waals surface area (Å²) in [7, 11) is -2.75. The van der Waals surface area contributed by atoms with E-state index in [1.807, 2.05) is 0 Å². The Balaban J connectivity index is 1.19. The Kier molecular flexibility index (Phi) is 11.2. The minimum absolute atomic E-state index is 0.00203. The van der Waals surface area contributed by atoms with Crippen molar-refractivity contribution in [1.82, 2.24) is 4.48 Å². The van der Waals surface area contributed by atoms with Gasteiger partial charge >= 0.3 is 6.85 Å². The van der Waals surface area contributed by atoms with E-state index in [0.717, 1.165) is 0 Å². The monoisotopic (exact) mass is 991 g/mol. The van der Waals surface area contributed by atoms with E-state index < -0.39 is 8.07 Å². The van der Waals surface area contributed by atoms with Crippen LogP contribution in [0, 0.1) is 6.92 Å². The average Bonchev–Trinajstić information content (AvgIpc) is 3.86. The number of nitrogens with zero attached hydrogens (tertiary/aromatic N) is 2. The van der Waals surface area contributed by atoms with Gasteiger partial charge in [-0.2, -0.15) is 0 Å². The van der Waals surface area contributed by atoms with Crippen LogP contribution in [0.25, 0.3) is 44.1 Å². The van der Waals surface area contributed by atoms with Gasteiger partial charge in [0.1, 0.15) is 0 Å². The Hall–Kier alpha value is -7.14. The molecule has 0 amide bonds. The van der Waals surface area contributed by atoms with Gasteiger partial charge < -0.3 is 9.38 Å². The van der Waals surface area contributed by atoms with Gasteiger partial charge in [-0.3, -0.25) is 0 Å². The second-order valence-corrected chi connectivity index (χ2v) is 29.7. The largest absolute Gasteiger partial charge is 0.375 e. The lowest BCUT2D eigenvalue weighted by molar-refractivity contribution is 0.590. The van der Waals surface area contributed by atoms with Gasteiger partial charge in [-0.05, 0) is 153 Å². The van der Waals surface area contributed by atoms with Crippen LogP contribution in [0.4, 0.5) is 17.1 Å². The van der Waals surface area contributed by atoms with E-state index in [-0.39, 0.29) is 28.5 Å². The number of benzene rings is 9. The second-order valence-electron chi connectivity index (χ2n) is 25.9. The van der Waals surface area contributed by atoms with Crippen LogP contribution in [0.5, 0.6) is 0 Å². The fourth-order valence-corrected chi connectivity index (χ4v) is 17.5. The first-order chi connectivity index (χ1) is 35.7. The third-order valence-corrected chi connectivity index (χ3v) is 21.7. The zero-order valence-corrected chi connectivity index (χ0v) is 47.4. The van der Waals surface area contributed by atoms with Crippen LogP contribution < -0.4 is 36.6 Å². The number of hydrogen-bond donors (Lipinski definition) is 0. The Labute approximate surface area is 448 Å². The third-order valence-electron chi connectivity index (χ3n) is 16.9. The van der Waals surface area contributed by atoms with E-state index in [0.29, 0.717) is 0 Å². The number of fused-ring (bicyclic) bond motifs is 7. The number of aromatic nitrogens is 1. The predicted octanol–water partition coefficient (Wildman–Crippen LogP) is 14.8. The second kappa shape index (κ2) is 17.2. The van der Waals surface area contributed by atoms with Gasteiger partial charge in [-0.25, -0.2) is 0 Å². The predicted molar refractivity (Wildman–Crippen MR) is 329 cm³/mol. The van der Waals surface area contributed by atoms with Crippen LogP contribution >= 0.6 is 0 Å². The summed E-state index contributed by atoms with van der Waals surface area (Å²) < 4.78 is 2.75. The summed E-state index contributed by atoms with van der Waals surface area (Å²) in [5, 5.41) is 8.19. The van der Waals surface area contributed by atoms with E-state index >= 15 is 0 Å². The van der Waals surface area contributed by atoms with Gasteiger partial charge in [0.15, 0.2) is 8.07 Å². The van der Waals surface area contributed by atoms with Gasteiger partial charge in [-0.1, -0.05) is 229 Å². The van der Waals surface area contributed by atoms with Gasteiger partial charge in [0.05, 0.1) is 0 Å². The molecular formula is C71H71BN2Si. The number of anilines is 3. The van der Waals surface area contributed by atoms with Crippen LogP contribution in [-0.4, -0.2) is 19.4 Å². The van der Waals surface area contributed by atoms with Crippen molar-refractivity contribution in [3.63, 3.8) is 0 Å². The van der Waals surface area contributed by atoms with Crippen molar-refractivity contribution in [3.05, 3.63) is 222 Å². The van der Waals surface area contributed by atoms with Gasteiger partial charge in [0.2, 0.25) is 0 Å². The van der Waals surface area contributed by atoms with Crippen molar-refractivity contribution in [3.8, 4) is 22.3 Å². The Bertz CT molecular complexity index is 3740. The van der Waals surface area contributed by atoms with Gasteiger partial charge in [0.25, 0.3) is 0 Å². The first kappa shape index (κ1) is 48.8. The Morgan fingerprint density at radius 1 is 0.400 bits per heavy atom. The molecule has 9 aromatic carbocycles. The van der Waals surface area contributed by atoms with E-state index in [1.165, 1.54) is 121 Å². The summed E-state index contributed by atoms with van der Waals surface area (Å²) in [6.45, 7) is 30.5. The van der Waals surface area contributed by atoms with Crippen molar-refractivity contribution in [1.29, 1.82) is 0 Å². The number of hydrogen-bond acceptors (Lipinski definition) is 1. The minimum Gasteiger partial charge on any atom is -0.375 e. The quantitative estimate of drug-likeness (QED) is 0.119. The SMILES string of the molecule is Cc1c(-c2ccc([Si](c3ccccc3)(c3ccccc3)c3ccccc3)cc2)cc2c3c1-c1cc(C(C)(C)C)cc4c5cc(C(C)(C)C)ccc5n(c14)B3c1cc(C(C)(C)C)ccc1N2c1ccc(C(C)(C)C)cc1. The first-order valence-corrected chi connectivity index (χ1v) is 29.3. The maximum atomic E-state index is 2.75. The minimum atomic E-state index is -2.75. The maximum Gasteiger partial charge on any atom is 0.333 e. The molecule has 0 saturated carbocycles. The molecule has 75 heavy (non-hydrogen) atoms. The zero-order valence-electron chi connectivity index (χ0n) is 46.4. The third kappa shape index (κ3) is 7.72. The molecule has 0 unspecified atom stereocenters. The van der Waals surface area contributed by atoms with E-state index in [2.05, 4.69) is 294 Å². The normalized spacial score (nSPS) is 13.6. The topological polar surface area (TPSA) is 8.17 Å². The summed E-state index contributed by atoms with van der Waals surface area (Å²) >= 11 is 0. The average molecular weight is 991 g/mol. The molecule has 0 N–H and O–H groups in total. The summed E-state index contributed by atoms with van der Waals surface area (Å²) in [4.78, 5) is 2.61. The Morgan fingerprint density at radius 3 is 1.41 bits per heavy atom. The van der Waals surface area contributed by atoms with Crippen LogP contribution in [0.2, 0.25) is 0 Å². The summed E-state index contributed by atoms with van der Waals surface area (Å²) in [5.74, 6) is 0. The first-order valence-electron chi connectivity index (χ1n) is 27.3. The lowest BCUT2D eigenvalue weighted by Crippen LogP contribution is -2.74. The van der Waals surface area contributed by atoms with Crippen molar-refractivity contribution in [2.45, 2.75) is 112 Å². The summed E-state index contributed by atoms with van der Waals surface area (Å²) in [5.41, 5.74) is 20.8. The molecule has 12 rings (SSSR count). The molecule has 4 heteroatoms. The highest BCUT2D eigenvalue weighted by molar-refractivity contribution is 7.19. The molecule has 0 bridgehead atoms. The summed E-state index contributed by atoms with van der Waals surface area (Å²) in [6.07, 6.45) is 0. The van der Waals surface area contributed by atoms with Crippen molar-refractivity contribution in [2.24, 2.45) is 0 Å². The maximum absolute atomic E-state index is 2.75. The fraction of sp³-hybridized carbons (Fsp3) is 0.239. The lowest BCUT2D eigenvalue weighted by atomic mass is 9.44. The lowest BCUT2D eigenvalue weighted by Gasteiger charge is -2.42. The highest BCUT2D eigenvalue weighted by Crippen LogP contribution is 2.50. The molecule has 0 spiro atoms. The highest BCUT2D eigenvalue weighted by Gasteiger charge is 2.46. The standard InChI is InChI=1S/C71H71BN2Si/c1-46-57(47-29-37-56(38-30-47)75(53-23-17-14-18-24-53,54-25-19-15-20-26-54)55-27-21-16-22-28-55)45-64-66-65(46)60-43-51(71(11,12)13)42-59-58-41-49(69(5,6)7)33-39-62(58)74(67(59)60)72(66)61-44-50(70(8,9)10)34-40-63(61)73(64)52-35-31-48(32-36-52)68(2,3)4/h14-45H,1-13H3. The molecule has 0 fully saturated rings. The van der Waals surface area contributed by atoms with E-state index in [1.54, 1.807) is 0 Å². The molecule has 0 aliphatic carbocycles. The smallest absolute Gasteiger partial charge is 0.333 e. The van der Waals surface area contributed by atoms with Crippen LogP contribution in [0.1, 0.15) is 111 Å².